The van der Waals surface area contributed by atoms with Crippen molar-refractivity contribution in [2.75, 3.05) is 19.6 Å². The van der Waals surface area contributed by atoms with Gasteiger partial charge < -0.3 is 10.2 Å². The minimum atomic E-state index is -0.0147. The molecule has 26 heavy (non-hydrogen) atoms. The molecule has 1 atom stereocenters. The molecule has 0 unspecified atom stereocenters. The van der Waals surface area contributed by atoms with Crippen molar-refractivity contribution < 1.29 is 4.79 Å². The zero-order chi connectivity index (χ0) is 17.9. The van der Waals surface area contributed by atoms with Gasteiger partial charge in [0.2, 0.25) is 0 Å². The van der Waals surface area contributed by atoms with E-state index in [9.17, 15) is 4.79 Å². The number of amides is 1. The highest BCUT2D eigenvalue weighted by Gasteiger charge is 2.27. The Bertz CT molecular complexity index is 884. The molecule has 1 fully saturated rings. The van der Waals surface area contributed by atoms with Gasteiger partial charge in [0.25, 0.3) is 5.91 Å². The molecule has 3 aromatic rings. The van der Waals surface area contributed by atoms with Crippen LogP contribution < -0.4 is 5.32 Å². The molecule has 1 saturated heterocycles. The zero-order valence-electron chi connectivity index (χ0n) is 14.5. The van der Waals surface area contributed by atoms with E-state index in [1.54, 1.807) is 11.0 Å². The minimum Gasteiger partial charge on any atom is -0.333 e. The molecule has 8 heteroatoms. The third kappa shape index (κ3) is 3.25. The first-order valence-corrected chi connectivity index (χ1v) is 9.59. The van der Waals surface area contributed by atoms with Gasteiger partial charge in [0.15, 0.2) is 0 Å². The van der Waals surface area contributed by atoms with Gasteiger partial charge in [-0.05, 0) is 32.0 Å². The molecule has 0 aliphatic carbocycles. The van der Waals surface area contributed by atoms with Crippen LogP contribution in [0.5, 0.6) is 0 Å². The second-order valence-electron chi connectivity index (χ2n) is 6.13. The number of carbonyl (C=O) groups excluding carboxylic acids is 1. The van der Waals surface area contributed by atoms with Crippen molar-refractivity contribution in [2.24, 2.45) is 0 Å². The van der Waals surface area contributed by atoms with Gasteiger partial charge in [-0.3, -0.25) is 4.79 Å². The Morgan fingerprint density at radius 2 is 2.23 bits per heavy atom. The number of thiazole rings is 1. The highest BCUT2D eigenvalue weighted by atomic mass is 32.1. The van der Waals surface area contributed by atoms with E-state index in [1.165, 1.54) is 11.3 Å². The molecule has 2 aromatic heterocycles. The number of benzene rings is 1. The topological polar surface area (TPSA) is 75.9 Å². The number of rotatable bonds is 5. The molecule has 0 radical (unpaired) electrons. The van der Waals surface area contributed by atoms with E-state index < -0.39 is 0 Å². The number of hydrogen-bond donors (Lipinski definition) is 1. The Balaban J connectivity index is 1.54. The van der Waals surface area contributed by atoms with E-state index >= 15 is 0 Å². The fourth-order valence-electron chi connectivity index (χ4n) is 3.16. The summed E-state index contributed by atoms with van der Waals surface area (Å²) in [4.78, 5) is 20.8. The Morgan fingerprint density at radius 3 is 2.96 bits per heavy atom. The predicted octanol–water partition coefficient (Wildman–Crippen LogP) is 2.21. The van der Waals surface area contributed by atoms with Crippen LogP contribution in [0.2, 0.25) is 0 Å². The number of aromatic nitrogens is 4. The quantitative estimate of drug-likeness (QED) is 0.747. The van der Waals surface area contributed by atoms with E-state index in [0.717, 1.165) is 25.2 Å². The van der Waals surface area contributed by atoms with Crippen molar-refractivity contribution in [1.82, 2.24) is 30.2 Å². The first-order valence-electron chi connectivity index (χ1n) is 8.71. The van der Waals surface area contributed by atoms with Gasteiger partial charge >= 0.3 is 0 Å². The molecule has 1 aliphatic rings. The fourth-order valence-corrected chi connectivity index (χ4v) is 3.90. The van der Waals surface area contributed by atoms with Crippen LogP contribution in [0.1, 0.15) is 23.8 Å². The van der Waals surface area contributed by atoms with Gasteiger partial charge in [0.05, 0.1) is 11.9 Å². The molecular weight excluding hydrogens is 348 g/mol. The normalized spacial score (nSPS) is 16.7. The van der Waals surface area contributed by atoms with Crippen LogP contribution in [0.15, 0.2) is 41.9 Å². The maximum atomic E-state index is 12.8. The van der Waals surface area contributed by atoms with Crippen molar-refractivity contribution in [2.45, 2.75) is 19.4 Å². The van der Waals surface area contributed by atoms with Crippen LogP contribution in [-0.4, -0.2) is 56.5 Å². The van der Waals surface area contributed by atoms with E-state index in [2.05, 4.69) is 20.5 Å². The van der Waals surface area contributed by atoms with Crippen molar-refractivity contribution in [3.63, 3.8) is 0 Å². The molecule has 1 aromatic carbocycles. The summed E-state index contributed by atoms with van der Waals surface area (Å²) in [6.07, 6.45) is 2.67. The largest absolute Gasteiger partial charge is 0.333 e. The van der Waals surface area contributed by atoms with Gasteiger partial charge in [0, 0.05) is 24.5 Å². The van der Waals surface area contributed by atoms with Crippen molar-refractivity contribution >= 4 is 17.2 Å². The average Bonchev–Trinajstić information content (AvgIpc) is 3.43. The zero-order valence-corrected chi connectivity index (χ0v) is 15.3. The Hall–Kier alpha value is -2.58. The summed E-state index contributed by atoms with van der Waals surface area (Å²) in [5, 5.41) is 14.6. The Kier molecular flexibility index (Phi) is 4.77. The third-order valence-corrected chi connectivity index (χ3v) is 5.36. The van der Waals surface area contributed by atoms with Crippen LogP contribution >= 0.6 is 11.3 Å². The van der Waals surface area contributed by atoms with E-state index in [1.807, 2.05) is 47.5 Å². The van der Waals surface area contributed by atoms with Crippen LogP contribution in [0, 0.1) is 0 Å². The van der Waals surface area contributed by atoms with Gasteiger partial charge in [-0.25, -0.2) is 4.98 Å². The van der Waals surface area contributed by atoms with Gasteiger partial charge in [-0.2, -0.15) is 9.90 Å². The first kappa shape index (κ1) is 16.9. The lowest BCUT2D eigenvalue weighted by Gasteiger charge is -2.26. The van der Waals surface area contributed by atoms with Crippen LogP contribution in [0.3, 0.4) is 0 Å². The molecule has 0 bridgehead atoms. The molecular formula is C18H20N6OS. The van der Waals surface area contributed by atoms with Crippen molar-refractivity contribution in [3.8, 4) is 16.4 Å². The molecule has 7 nitrogen and oxygen atoms in total. The molecule has 1 N–H and O–H groups in total. The SMILES string of the molecule is CCN(C(=O)c1csc(-c2cnn(-c3ccccc3)n2)n1)[C@@H]1CCNC1. The maximum absolute atomic E-state index is 12.8. The summed E-state index contributed by atoms with van der Waals surface area (Å²) in [5.74, 6) is -0.0147. The summed E-state index contributed by atoms with van der Waals surface area (Å²) in [7, 11) is 0. The van der Waals surface area contributed by atoms with E-state index in [-0.39, 0.29) is 11.9 Å². The monoisotopic (exact) mass is 368 g/mol. The summed E-state index contributed by atoms with van der Waals surface area (Å²) in [5.41, 5.74) is 2.04. The molecule has 0 saturated carbocycles. The van der Waals surface area contributed by atoms with Crippen LogP contribution in [0.25, 0.3) is 16.4 Å². The second-order valence-corrected chi connectivity index (χ2v) is 6.99. The Morgan fingerprint density at radius 1 is 1.38 bits per heavy atom. The van der Waals surface area contributed by atoms with E-state index in [4.69, 9.17) is 0 Å². The van der Waals surface area contributed by atoms with Crippen molar-refractivity contribution in [3.05, 3.63) is 47.6 Å². The minimum absolute atomic E-state index is 0.0147. The molecule has 1 aliphatic heterocycles. The lowest BCUT2D eigenvalue weighted by Crippen LogP contribution is -2.41. The van der Waals surface area contributed by atoms with Crippen LogP contribution in [-0.2, 0) is 0 Å². The first-order chi connectivity index (χ1) is 12.8. The van der Waals surface area contributed by atoms with Crippen molar-refractivity contribution in [1.29, 1.82) is 0 Å². The summed E-state index contributed by atoms with van der Waals surface area (Å²) in [6.45, 7) is 4.50. The summed E-state index contributed by atoms with van der Waals surface area (Å²) in [6, 6.07) is 9.96. The lowest BCUT2D eigenvalue weighted by molar-refractivity contribution is 0.0698. The standard InChI is InChI=1S/C18H20N6OS/c1-2-23(14-8-9-19-10-14)18(25)16-12-26-17(21-16)15-11-20-24(22-15)13-6-4-3-5-7-13/h3-7,11-12,14,19H,2,8-10H2,1H3/t14-/m1/s1. The van der Waals surface area contributed by atoms with Gasteiger partial charge in [0.1, 0.15) is 16.4 Å². The van der Waals surface area contributed by atoms with E-state index in [0.29, 0.717) is 22.9 Å². The molecule has 0 spiro atoms. The molecule has 134 valence electrons. The number of nitrogens with one attached hydrogen (secondary N) is 1. The molecule has 4 rings (SSSR count). The second kappa shape index (κ2) is 7.35. The van der Waals surface area contributed by atoms with Gasteiger partial charge in [-0.1, -0.05) is 18.2 Å². The predicted molar refractivity (Wildman–Crippen MR) is 100 cm³/mol. The number of hydrogen-bond acceptors (Lipinski definition) is 6. The average molecular weight is 368 g/mol. The highest BCUT2D eigenvalue weighted by Crippen LogP contribution is 2.23. The number of para-hydroxylation sites is 1. The highest BCUT2D eigenvalue weighted by molar-refractivity contribution is 7.13. The summed E-state index contributed by atoms with van der Waals surface area (Å²) >= 11 is 1.42. The smallest absolute Gasteiger partial charge is 0.273 e. The fraction of sp³-hybridized carbons (Fsp3) is 0.333. The summed E-state index contributed by atoms with van der Waals surface area (Å²) < 4.78 is 0. The Labute approximate surface area is 155 Å². The number of nitrogens with zero attached hydrogens (tertiary/aromatic N) is 5. The lowest BCUT2D eigenvalue weighted by atomic mass is 10.2. The maximum Gasteiger partial charge on any atom is 0.273 e. The molecule has 3 heterocycles. The number of likely N-dealkylation sites (N-methyl/N-ethyl adjacent to an activating group) is 1. The number of carbonyl (C=O) groups is 1. The molecule has 1 amide bonds. The van der Waals surface area contributed by atoms with Crippen LogP contribution in [0.4, 0.5) is 0 Å². The third-order valence-electron chi connectivity index (χ3n) is 4.50. The van der Waals surface area contributed by atoms with Gasteiger partial charge in [-0.15, -0.1) is 16.4 Å².